The fourth-order valence-corrected chi connectivity index (χ4v) is 3.00. The van der Waals surface area contributed by atoms with E-state index in [0.29, 0.717) is 13.0 Å². The Morgan fingerprint density at radius 1 is 0.708 bits per heavy atom. The largest absolute Gasteiger partial charge is 0.466 e. The van der Waals surface area contributed by atoms with E-state index < -0.39 is 0 Å². The molecule has 0 heterocycles. The topological polar surface area (TPSA) is 50.1 Å². The van der Waals surface area contributed by atoms with Crippen molar-refractivity contribution >= 4 is 5.97 Å². The number of unbranched alkanes of at least 4 members (excludes halogenated alkanes) is 15. The highest BCUT2D eigenvalue weighted by atomic mass is 16.5. The molecule has 0 aromatic rings. The number of rotatable bonds is 18. The molecule has 0 bridgehead atoms. The van der Waals surface area contributed by atoms with E-state index in [1.54, 1.807) is 0 Å². The van der Waals surface area contributed by atoms with Crippen molar-refractivity contribution < 1.29 is 9.53 Å². The summed E-state index contributed by atoms with van der Waals surface area (Å²) in [7, 11) is 0. The molecule has 0 aliphatic carbocycles. The SMILES string of the molecule is CCOC(=O)CCCCCCCCCCCCCCCCCC#N. The third kappa shape index (κ3) is 19.0. The summed E-state index contributed by atoms with van der Waals surface area (Å²) in [5, 5.41) is 8.45. The summed E-state index contributed by atoms with van der Waals surface area (Å²) in [4.78, 5) is 11.2. The zero-order valence-corrected chi connectivity index (χ0v) is 16.0. The lowest BCUT2D eigenvalue weighted by atomic mass is 10.0. The average molecular weight is 338 g/mol. The minimum atomic E-state index is -0.0420. The molecule has 0 atom stereocenters. The molecule has 0 aliphatic heterocycles. The number of hydrogen-bond donors (Lipinski definition) is 0. The highest BCUT2D eigenvalue weighted by Gasteiger charge is 2.00. The third-order valence-electron chi connectivity index (χ3n) is 4.47. The van der Waals surface area contributed by atoms with Crippen molar-refractivity contribution in [2.75, 3.05) is 6.61 Å². The molecule has 0 amide bonds. The Morgan fingerprint density at radius 3 is 1.46 bits per heavy atom. The second-order valence-electron chi connectivity index (χ2n) is 6.77. The number of nitriles is 1. The number of carbonyl (C=O) groups excluding carboxylic acids is 1. The summed E-state index contributed by atoms with van der Waals surface area (Å²) in [6.07, 6.45) is 20.6. The van der Waals surface area contributed by atoms with Crippen LogP contribution in [0.5, 0.6) is 0 Å². The van der Waals surface area contributed by atoms with Crippen molar-refractivity contribution in [1.82, 2.24) is 0 Å². The van der Waals surface area contributed by atoms with Gasteiger partial charge >= 0.3 is 5.97 Å². The van der Waals surface area contributed by atoms with Gasteiger partial charge in [-0.1, -0.05) is 83.5 Å². The van der Waals surface area contributed by atoms with Crippen molar-refractivity contribution in [1.29, 1.82) is 5.26 Å². The summed E-state index contributed by atoms with van der Waals surface area (Å²) < 4.78 is 4.92. The lowest BCUT2D eigenvalue weighted by molar-refractivity contribution is -0.143. The van der Waals surface area contributed by atoms with Crippen LogP contribution in [-0.2, 0) is 9.53 Å². The molecule has 0 aromatic carbocycles. The monoisotopic (exact) mass is 337 g/mol. The molecule has 0 aliphatic rings. The highest BCUT2D eigenvalue weighted by Crippen LogP contribution is 2.14. The predicted molar refractivity (Wildman–Crippen MR) is 101 cm³/mol. The molecule has 140 valence electrons. The first-order chi connectivity index (χ1) is 11.8. The Bertz CT molecular complexity index is 309. The van der Waals surface area contributed by atoms with Crippen molar-refractivity contribution in [2.45, 2.75) is 116 Å². The maximum Gasteiger partial charge on any atom is 0.305 e. The van der Waals surface area contributed by atoms with E-state index in [1.165, 1.54) is 77.0 Å². The van der Waals surface area contributed by atoms with Crippen LogP contribution in [0.4, 0.5) is 0 Å². The van der Waals surface area contributed by atoms with Crippen LogP contribution < -0.4 is 0 Å². The highest BCUT2D eigenvalue weighted by molar-refractivity contribution is 5.69. The lowest BCUT2D eigenvalue weighted by Gasteiger charge is -2.04. The van der Waals surface area contributed by atoms with Gasteiger partial charge in [0.25, 0.3) is 0 Å². The van der Waals surface area contributed by atoms with Crippen LogP contribution >= 0.6 is 0 Å². The smallest absolute Gasteiger partial charge is 0.305 e. The molecule has 0 radical (unpaired) electrons. The van der Waals surface area contributed by atoms with Gasteiger partial charge in [0.2, 0.25) is 0 Å². The van der Waals surface area contributed by atoms with Gasteiger partial charge in [0.1, 0.15) is 0 Å². The van der Waals surface area contributed by atoms with Crippen LogP contribution in [0.15, 0.2) is 0 Å². The van der Waals surface area contributed by atoms with Crippen LogP contribution in [0.1, 0.15) is 116 Å². The molecule has 0 unspecified atom stereocenters. The maximum atomic E-state index is 11.2. The normalized spacial score (nSPS) is 10.5. The van der Waals surface area contributed by atoms with Crippen LogP contribution in [0.3, 0.4) is 0 Å². The van der Waals surface area contributed by atoms with Crippen LogP contribution in [-0.4, -0.2) is 12.6 Å². The quantitative estimate of drug-likeness (QED) is 0.206. The lowest BCUT2D eigenvalue weighted by Crippen LogP contribution is -2.03. The van der Waals surface area contributed by atoms with Gasteiger partial charge in [0.15, 0.2) is 0 Å². The molecule has 0 fully saturated rings. The van der Waals surface area contributed by atoms with E-state index in [-0.39, 0.29) is 5.97 Å². The van der Waals surface area contributed by atoms with Gasteiger partial charge in [-0.2, -0.15) is 5.26 Å². The van der Waals surface area contributed by atoms with E-state index in [2.05, 4.69) is 6.07 Å². The van der Waals surface area contributed by atoms with Gasteiger partial charge in [-0.3, -0.25) is 4.79 Å². The maximum absolute atomic E-state index is 11.2. The van der Waals surface area contributed by atoms with Crippen molar-refractivity contribution in [2.24, 2.45) is 0 Å². The first kappa shape index (κ1) is 23.0. The van der Waals surface area contributed by atoms with Gasteiger partial charge < -0.3 is 4.74 Å². The average Bonchev–Trinajstić information content (AvgIpc) is 2.58. The predicted octanol–water partition coefficient (Wildman–Crippen LogP) is 6.70. The summed E-state index contributed by atoms with van der Waals surface area (Å²) >= 11 is 0. The molecule has 0 rings (SSSR count). The molecule has 0 saturated heterocycles. The van der Waals surface area contributed by atoms with Crippen LogP contribution in [0.2, 0.25) is 0 Å². The minimum absolute atomic E-state index is 0.0420. The second-order valence-corrected chi connectivity index (χ2v) is 6.77. The summed E-state index contributed by atoms with van der Waals surface area (Å²) in [5.41, 5.74) is 0. The number of ether oxygens (including phenoxy) is 1. The fraction of sp³-hybridized carbons (Fsp3) is 0.905. The Kier molecular flexibility index (Phi) is 19.1. The van der Waals surface area contributed by atoms with E-state index >= 15 is 0 Å². The van der Waals surface area contributed by atoms with Gasteiger partial charge in [-0.05, 0) is 19.8 Å². The molecule has 0 spiro atoms. The zero-order chi connectivity index (χ0) is 17.7. The molecule has 0 aromatic heterocycles. The molecular weight excluding hydrogens is 298 g/mol. The van der Waals surface area contributed by atoms with Crippen molar-refractivity contribution in [3.8, 4) is 6.07 Å². The van der Waals surface area contributed by atoms with Crippen molar-refractivity contribution in [3.63, 3.8) is 0 Å². The summed E-state index contributed by atoms with van der Waals surface area (Å²) in [6, 6.07) is 2.21. The van der Waals surface area contributed by atoms with E-state index in [9.17, 15) is 4.79 Å². The molecule has 3 nitrogen and oxygen atoms in total. The second kappa shape index (κ2) is 20.0. The Balaban J connectivity index is 3.03. The third-order valence-corrected chi connectivity index (χ3v) is 4.47. The van der Waals surface area contributed by atoms with Gasteiger partial charge in [-0.15, -0.1) is 0 Å². The van der Waals surface area contributed by atoms with E-state index in [4.69, 9.17) is 10.00 Å². The number of esters is 1. The van der Waals surface area contributed by atoms with Crippen LogP contribution in [0, 0.1) is 11.3 Å². The van der Waals surface area contributed by atoms with Gasteiger partial charge in [0.05, 0.1) is 12.7 Å². The first-order valence-corrected chi connectivity index (χ1v) is 10.3. The van der Waals surface area contributed by atoms with E-state index in [0.717, 1.165) is 25.7 Å². The van der Waals surface area contributed by atoms with E-state index in [1.807, 2.05) is 6.92 Å². The van der Waals surface area contributed by atoms with Crippen LogP contribution in [0.25, 0.3) is 0 Å². The minimum Gasteiger partial charge on any atom is -0.466 e. The molecule has 3 heteroatoms. The molecule has 0 N–H and O–H groups in total. The number of hydrogen-bond acceptors (Lipinski definition) is 3. The van der Waals surface area contributed by atoms with Crippen molar-refractivity contribution in [3.05, 3.63) is 0 Å². The number of nitrogens with zero attached hydrogens (tertiary/aromatic N) is 1. The summed E-state index contributed by atoms with van der Waals surface area (Å²) in [5.74, 6) is -0.0420. The fourth-order valence-electron chi connectivity index (χ4n) is 3.00. The number of carbonyl (C=O) groups is 1. The zero-order valence-electron chi connectivity index (χ0n) is 16.0. The first-order valence-electron chi connectivity index (χ1n) is 10.3. The summed E-state index contributed by atoms with van der Waals surface area (Å²) in [6.45, 7) is 2.36. The Labute approximate surface area is 150 Å². The molecular formula is C21H39NO2. The Hall–Kier alpha value is -1.04. The molecule has 0 saturated carbocycles. The van der Waals surface area contributed by atoms with Gasteiger partial charge in [-0.25, -0.2) is 0 Å². The Morgan fingerprint density at radius 2 is 1.08 bits per heavy atom. The standard InChI is InChI=1S/C21H39NO2/c1-2-24-21(23)19-17-15-13-11-9-7-5-3-4-6-8-10-12-14-16-18-20-22/h2-19H2,1H3. The van der Waals surface area contributed by atoms with Gasteiger partial charge in [0, 0.05) is 12.8 Å². The molecule has 24 heavy (non-hydrogen) atoms.